The van der Waals surface area contributed by atoms with Crippen LogP contribution in [0.4, 0.5) is 0 Å². The minimum absolute atomic E-state index is 0.0492. The van der Waals surface area contributed by atoms with E-state index >= 15 is 0 Å². The van der Waals surface area contributed by atoms with Crippen molar-refractivity contribution < 1.29 is 19.5 Å². The Morgan fingerprint density at radius 3 is 2.62 bits per heavy atom. The molecule has 1 heterocycles. The van der Waals surface area contributed by atoms with Gasteiger partial charge in [0.25, 0.3) is 0 Å². The molecule has 5 heteroatoms. The van der Waals surface area contributed by atoms with Crippen molar-refractivity contribution in [2.24, 2.45) is 0 Å². The molecule has 1 amide bonds. The summed E-state index contributed by atoms with van der Waals surface area (Å²) in [5.41, 5.74) is 1.05. The average Bonchev–Trinajstić information content (AvgIpc) is 2.79. The normalized spacial score (nSPS) is 28.1. The van der Waals surface area contributed by atoms with Gasteiger partial charge in [-0.1, -0.05) is 48.9 Å². The zero-order valence-electron chi connectivity index (χ0n) is 20.8. The molecule has 184 valence electrons. The number of carbonyl (C=O) groups is 1. The van der Waals surface area contributed by atoms with Crippen molar-refractivity contribution in [3.63, 3.8) is 0 Å². The summed E-state index contributed by atoms with van der Waals surface area (Å²) in [6, 6.07) is 17.9. The number of piperidine rings is 1. The Hall–Kier alpha value is -2.37. The van der Waals surface area contributed by atoms with Crippen LogP contribution in [0.3, 0.4) is 0 Å². The molecule has 1 aliphatic heterocycles. The smallest absolute Gasteiger partial charge is 0.220 e. The van der Waals surface area contributed by atoms with Gasteiger partial charge in [0, 0.05) is 24.3 Å². The highest BCUT2D eigenvalue weighted by Gasteiger charge is 2.60. The summed E-state index contributed by atoms with van der Waals surface area (Å²) in [7, 11) is 4.35. The van der Waals surface area contributed by atoms with Crippen LogP contribution in [0.2, 0.25) is 0 Å². The first-order chi connectivity index (χ1) is 16.2. The molecule has 34 heavy (non-hydrogen) atoms. The molecule has 0 spiro atoms. The van der Waals surface area contributed by atoms with Crippen LogP contribution in [0.25, 0.3) is 0 Å². The second kappa shape index (κ2) is 10.1. The van der Waals surface area contributed by atoms with Gasteiger partial charge in [-0.05, 0) is 61.8 Å². The number of amides is 1. The quantitative estimate of drug-likeness (QED) is 0.402. The van der Waals surface area contributed by atoms with E-state index in [0.717, 1.165) is 55.1 Å². The van der Waals surface area contributed by atoms with E-state index in [-0.39, 0.29) is 17.7 Å². The van der Waals surface area contributed by atoms with Gasteiger partial charge in [0.2, 0.25) is 5.91 Å². The number of rotatable bonds is 8. The molecule has 2 aromatic carbocycles. The number of phenolic OH excluding ortho intramolecular Hbond substituents is 1. The first-order valence-corrected chi connectivity index (χ1v) is 12.9. The molecular formula is C29H41N2O3+. The number of quaternary nitrogens is 1. The molecule has 1 saturated heterocycles. The summed E-state index contributed by atoms with van der Waals surface area (Å²) in [4.78, 5) is 12.8. The van der Waals surface area contributed by atoms with Crippen LogP contribution in [0, 0.1) is 0 Å². The Bertz CT molecular complexity index is 976. The minimum atomic E-state index is -0.846. The molecule has 1 aliphatic carbocycles. The fourth-order valence-corrected chi connectivity index (χ4v) is 6.40. The summed E-state index contributed by atoms with van der Waals surface area (Å²) in [5.74, 6) is 0.350. The second-order valence-electron chi connectivity index (χ2n) is 11.3. The first kappa shape index (κ1) is 24.7. The van der Waals surface area contributed by atoms with Gasteiger partial charge >= 0.3 is 0 Å². The van der Waals surface area contributed by atoms with Crippen LogP contribution >= 0.6 is 0 Å². The summed E-state index contributed by atoms with van der Waals surface area (Å²) >= 11 is 0. The van der Waals surface area contributed by atoms with E-state index in [1.807, 2.05) is 24.3 Å². The predicted molar refractivity (Wildman–Crippen MR) is 136 cm³/mol. The Labute approximate surface area is 204 Å². The number of likely N-dealkylation sites (tertiary alicyclic amines) is 1. The summed E-state index contributed by atoms with van der Waals surface area (Å²) in [6.07, 6.45) is 7.67. The average molecular weight is 466 g/mol. The van der Waals surface area contributed by atoms with Gasteiger partial charge in [-0.25, -0.2) is 0 Å². The molecular weight excluding hydrogens is 424 g/mol. The highest BCUT2D eigenvalue weighted by atomic mass is 16.3. The number of benzene rings is 2. The highest BCUT2D eigenvalue weighted by Crippen LogP contribution is 2.52. The Balaban J connectivity index is 1.36. The van der Waals surface area contributed by atoms with Crippen LogP contribution in [0.15, 0.2) is 54.6 Å². The van der Waals surface area contributed by atoms with Crippen LogP contribution < -0.4 is 5.32 Å². The van der Waals surface area contributed by atoms with Crippen molar-refractivity contribution in [1.29, 1.82) is 0 Å². The van der Waals surface area contributed by atoms with E-state index in [9.17, 15) is 15.0 Å². The van der Waals surface area contributed by atoms with Crippen molar-refractivity contribution >= 4 is 5.91 Å². The van der Waals surface area contributed by atoms with Gasteiger partial charge in [0.05, 0.1) is 20.6 Å². The van der Waals surface area contributed by atoms with Crippen LogP contribution in [-0.2, 0) is 16.6 Å². The first-order valence-electron chi connectivity index (χ1n) is 12.9. The summed E-state index contributed by atoms with van der Waals surface area (Å²) < 4.78 is 0.789. The topological polar surface area (TPSA) is 69.6 Å². The molecule has 5 nitrogen and oxygen atoms in total. The number of nitrogens with zero attached hydrogens (tertiary/aromatic N) is 1. The van der Waals surface area contributed by atoms with Gasteiger partial charge in [-0.3, -0.25) is 4.79 Å². The standard InChI is InChI=1S/C29H40N2O3/c1-31(2)19-18-28(24-13-9-14-26(32)20-24)21-25(16-17-29(28,34)22-31)30-27(33)15-8-4-7-12-23-10-5-3-6-11-23/h3,5-6,9-11,13-14,20,25,34H,4,7-8,12,15-19,21-22H2,1-2H3,(H-,30,32,33)/p+1/t25-,28-,29-/m0/s1. The molecule has 1 saturated carbocycles. The maximum absolute atomic E-state index is 12.8. The lowest BCUT2D eigenvalue weighted by molar-refractivity contribution is -0.905. The molecule has 3 N–H and O–H groups in total. The number of nitrogens with one attached hydrogen (secondary N) is 1. The Morgan fingerprint density at radius 1 is 1.06 bits per heavy atom. The zero-order chi connectivity index (χ0) is 24.2. The number of aliphatic hydroxyl groups is 1. The number of carbonyl (C=O) groups excluding carboxylic acids is 1. The lowest BCUT2D eigenvalue weighted by Crippen LogP contribution is -2.70. The number of likely N-dealkylation sites (N-methyl/N-ethyl adjacent to an activating group) is 1. The molecule has 2 aromatic rings. The minimum Gasteiger partial charge on any atom is -0.508 e. The van der Waals surface area contributed by atoms with Gasteiger partial charge in [-0.2, -0.15) is 0 Å². The lowest BCUT2D eigenvalue weighted by Gasteiger charge is -2.58. The van der Waals surface area contributed by atoms with E-state index in [1.54, 1.807) is 6.07 Å². The molecule has 0 unspecified atom stereocenters. The number of fused-ring (bicyclic) bond motifs is 1. The second-order valence-corrected chi connectivity index (χ2v) is 11.3. The van der Waals surface area contributed by atoms with Crippen molar-refractivity contribution in [3.8, 4) is 5.75 Å². The third-order valence-corrected chi connectivity index (χ3v) is 8.20. The number of aryl methyl sites for hydroxylation is 1. The predicted octanol–water partition coefficient (Wildman–Crippen LogP) is 4.31. The largest absolute Gasteiger partial charge is 0.508 e. The van der Waals surface area contributed by atoms with E-state index in [1.165, 1.54) is 5.56 Å². The van der Waals surface area contributed by atoms with E-state index in [2.05, 4.69) is 43.7 Å². The molecule has 2 aliphatic rings. The number of unbranched alkanes of at least 4 members (excludes halogenated alkanes) is 2. The summed E-state index contributed by atoms with van der Waals surface area (Å²) in [5, 5.41) is 25.4. The SMILES string of the molecule is C[N+]1(C)CC[C@@]2(c3cccc(O)c3)C[C@@H](NC(=O)CCCCCc3ccccc3)CC[C@]2(O)C1. The van der Waals surface area contributed by atoms with Crippen molar-refractivity contribution in [3.05, 3.63) is 65.7 Å². The molecule has 0 bridgehead atoms. The number of phenols is 1. The maximum atomic E-state index is 12.8. The van der Waals surface area contributed by atoms with E-state index < -0.39 is 11.0 Å². The monoisotopic (exact) mass is 465 g/mol. The zero-order valence-corrected chi connectivity index (χ0v) is 20.8. The van der Waals surface area contributed by atoms with Gasteiger partial charge in [-0.15, -0.1) is 0 Å². The third-order valence-electron chi connectivity index (χ3n) is 8.20. The summed E-state index contributed by atoms with van der Waals surface area (Å²) in [6.45, 7) is 1.64. The highest BCUT2D eigenvalue weighted by molar-refractivity contribution is 5.76. The van der Waals surface area contributed by atoms with Gasteiger partial charge in [0.15, 0.2) is 0 Å². The number of hydrogen-bond acceptors (Lipinski definition) is 3. The van der Waals surface area contributed by atoms with Crippen LogP contribution in [-0.4, -0.2) is 59.4 Å². The van der Waals surface area contributed by atoms with E-state index in [0.29, 0.717) is 25.8 Å². The lowest BCUT2D eigenvalue weighted by atomic mass is 9.55. The molecule has 4 rings (SSSR count). The van der Waals surface area contributed by atoms with Gasteiger partial charge < -0.3 is 20.0 Å². The molecule has 2 fully saturated rings. The van der Waals surface area contributed by atoms with Gasteiger partial charge in [0.1, 0.15) is 17.9 Å². The maximum Gasteiger partial charge on any atom is 0.220 e. The van der Waals surface area contributed by atoms with Crippen molar-refractivity contribution in [2.75, 3.05) is 27.2 Å². The van der Waals surface area contributed by atoms with Crippen LogP contribution in [0.1, 0.15) is 62.5 Å². The number of hydrogen-bond donors (Lipinski definition) is 3. The van der Waals surface area contributed by atoms with Crippen molar-refractivity contribution in [2.45, 2.75) is 74.8 Å². The Morgan fingerprint density at radius 2 is 1.85 bits per heavy atom. The Kier molecular flexibility index (Phi) is 7.34. The molecule has 3 atom stereocenters. The van der Waals surface area contributed by atoms with E-state index in [4.69, 9.17) is 0 Å². The number of aromatic hydroxyl groups is 1. The molecule has 0 aromatic heterocycles. The fraction of sp³-hybridized carbons (Fsp3) is 0.552. The van der Waals surface area contributed by atoms with Crippen LogP contribution in [0.5, 0.6) is 5.75 Å². The fourth-order valence-electron chi connectivity index (χ4n) is 6.40. The third kappa shape index (κ3) is 5.47. The van der Waals surface area contributed by atoms with Crippen molar-refractivity contribution in [1.82, 2.24) is 5.32 Å². The molecule has 0 radical (unpaired) electrons.